The molecule has 0 radical (unpaired) electrons. The minimum atomic E-state index is -0.325. The summed E-state index contributed by atoms with van der Waals surface area (Å²) in [6, 6.07) is 7.90. The molecule has 1 rings (SSSR count). The van der Waals surface area contributed by atoms with E-state index in [4.69, 9.17) is 0 Å². The molecule has 17 heavy (non-hydrogen) atoms. The lowest BCUT2D eigenvalue weighted by Crippen LogP contribution is -2.21. The molecule has 1 nitrogen and oxygen atoms in total. The largest absolute Gasteiger partial charge is 0.294 e. The summed E-state index contributed by atoms with van der Waals surface area (Å²) < 4.78 is 0.119. The molecular formula is C15H22OS. The molecule has 0 fully saturated rings. The first kappa shape index (κ1) is 14.3. The number of carbonyl (C=O) groups is 1. The fourth-order valence-electron chi connectivity index (χ4n) is 1.48. The van der Waals surface area contributed by atoms with Crippen molar-refractivity contribution in [1.82, 2.24) is 0 Å². The van der Waals surface area contributed by atoms with Gasteiger partial charge in [-0.3, -0.25) is 4.79 Å². The average molecular weight is 250 g/mol. The number of carbonyl (C=O) groups excluding carboxylic acids is 1. The van der Waals surface area contributed by atoms with Crippen LogP contribution in [0.15, 0.2) is 29.2 Å². The lowest BCUT2D eigenvalue weighted by atomic mass is 9.86. The van der Waals surface area contributed by atoms with E-state index in [1.807, 2.05) is 45.0 Å². The third kappa shape index (κ3) is 4.19. The zero-order valence-corrected chi connectivity index (χ0v) is 12.4. The highest BCUT2D eigenvalue weighted by Crippen LogP contribution is 2.36. The van der Waals surface area contributed by atoms with Gasteiger partial charge in [0.25, 0.3) is 0 Å². The van der Waals surface area contributed by atoms with E-state index >= 15 is 0 Å². The molecule has 0 atom stereocenters. The topological polar surface area (TPSA) is 17.1 Å². The molecule has 0 N–H and O–H groups in total. The molecule has 1 aromatic rings. The van der Waals surface area contributed by atoms with Crippen LogP contribution in [0.2, 0.25) is 0 Å². The molecule has 0 heterocycles. The minimum absolute atomic E-state index is 0.119. The number of benzene rings is 1. The minimum Gasteiger partial charge on any atom is -0.294 e. The Labute approximate surface area is 109 Å². The second-order valence-corrected chi connectivity index (χ2v) is 8.16. The predicted molar refractivity (Wildman–Crippen MR) is 75.8 cm³/mol. The van der Waals surface area contributed by atoms with Crippen molar-refractivity contribution < 1.29 is 4.79 Å². The molecule has 0 aliphatic rings. The summed E-state index contributed by atoms with van der Waals surface area (Å²) in [4.78, 5) is 13.4. The van der Waals surface area contributed by atoms with Gasteiger partial charge < -0.3 is 0 Å². The Morgan fingerprint density at radius 1 is 1.00 bits per heavy atom. The van der Waals surface area contributed by atoms with Crippen molar-refractivity contribution in [2.75, 3.05) is 0 Å². The van der Waals surface area contributed by atoms with E-state index in [2.05, 4.69) is 20.8 Å². The van der Waals surface area contributed by atoms with E-state index in [0.29, 0.717) is 0 Å². The molecule has 0 bridgehead atoms. The van der Waals surface area contributed by atoms with Crippen molar-refractivity contribution in [2.24, 2.45) is 5.41 Å². The molecule has 0 aliphatic carbocycles. The van der Waals surface area contributed by atoms with Gasteiger partial charge in [0, 0.05) is 20.6 Å². The fourth-order valence-corrected chi connectivity index (χ4v) is 2.55. The third-order valence-corrected chi connectivity index (χ3v) is 3.42. The van der Waals surface area contributed by atoms with Gasteiger partial charge in [-0.2, -0.15) is 0 Å². The Morgan fingerprint density at radius 3 is 2.00 bits per heavy atom. The molecule has 1 aromatic carbocycles. The molecule has 0 unspecified atom stereocenters. The summed E-state index contributed by atoms with van der Waals surface area (Å²) in [5.74, 6) is 0.213. The zero-order chi connectivity index (χ0) is 13.3. The molecule has 0 spiro atoms. The van der Waals surface area contributed by atoms with Crippen LogP contribution in [0.4, 0.5) is 0 Å². The summed E-state index contributed by atoms with van der Waals surface area (Å²) in [5, 5.41) is 0. The number of hydrogen-bond acceptors (Lipinski definition) is 2. The zero-order valence-electron chi connectivity index (χ0n) is 11.6. The maximum Gasteiger partial charge on any atom is 0.169 e. The Bertz CT molecular complexity index is 408. The molecule has 2 heteroatoms. The molecule has 0 aliphatic heterocycles. The highest BCUT2D eigenvalue weighted by Gasteiger charge is 2.26. The van der Waals surface area contributed by atoms with E-state index in [9.17, 15) is 4.79 Å². The van der Waals surface area contributed by atoms with Crippen LogP contribution in [0.1, 0.15) is 51.9 Å². The number of ketones is 1. The Morgan fingerprint density at radius 2 is 1.53 bits per heavy atom. The number of Topliss-reactive ketones (excluding diaryl/α,β-unsaturated/α-hetero) is 1. The van der Waals surface area contributed by atoms with Gasteiger partial charge in [0.1, 0.15) is 0 Å². The Kier molecular flexibility index (Phi) is 4.08. The van der Waals surface area contributed by atoms with Gasteiger partial charge in [-0.15, -0.1) is 11.8 Å². The van der Waals surface area contributed by atoms with Gasteiger partial charge in [-0.1, -0.05) is 59.7 Å². The van der Waals surface area contributed by atoms with Gasteiger partial charge >= 0.3 is 0 Å². The summed E-state index contributed by atoms with van der Waals surface area (Å²) in [7, 11) is 0. The van der Waals surface area contributed by atoms with Crippen LogP contribution in [0.3, 0.4) is 0 Å². The van der Waals surface area contributed by atoms with Crippen molar-refractivity contribution in [2.45, 2.75) is 51.2 Å². The SMILES string of the molecule is CC(C)(C)Sc1ccccc1C(=O)C(C)(C)C. The van der Waals surface area contributed by atoms with Crippen LogP contribution in [-0.2, 0) is 0 Å². The predicted octanol–water partition coefficient (Wildman–Crippen LogP) is 4.81. The van der Waals surface area contributed by atoms with Crippen LogP contribution < -0.4 is 0 Å². The van der Waals surface area contributed by atoms with E-state index < -0.39 is 0 Å². The summed E-state index contributed by atoms with van der Waals surface area (Å²) in [6.45, 7) is 12.4. The maximum atomic E-state index is 12.4. The molecule has 0 amide bonds. The van der Waals surface area contributed by atoms with Crippen LogP contribution in [0.25, 0.3) is 0 Å². The van der Waals surface area contributed by atoms with Gasteiger partial charge in [-0.05, 0) is 6.07 Å². The quantitative estimate of drug-likeness (QED) is 0.553. The lowest BCUT2D eigenvalue weighted by molar-refractivity contribution is 0.0855. The van der Waals surface area contributed by atoms with E-state index in [1.54, 1.807) is 11.8 Å². The van der Waals surface area contributed by atoms with Gasteiger partial charge in [0.15, 0.2) is 5.78 Å². The second-order valence-electron chi connectivity index (χ2n) is 6.29. The average Bonchev–Trinajstić information content (AvgIpc) is 2.13. The second kappa shape index (κ2) is 4.85. The van der Waals surface area contributed by atoms with Crippen molar-refractivity contribution in [3.05, 3.63) is 29.8 Å². The van der Waals surface area contributed by atoms with Gasteiger partial charge in [0.2, 0.25) is 0 Å². The van der Waals surface area contributed by atoms with Crippen LogP contribution in [0.5, 0.6) is 0 Å². The molecule has 0 saturated heterocycles. The molecule has 94 valence electrons. The van der Waals surface area contributed by atoms with Crippen molar-refractivity contribution in [1.29, 1.82) is 0 Å². The smallest absolute Gasteiger partial charge is 0.169 e. The highest BCUT2D eigenvalue weighted by molar-refractivity contribution is 8.00. The first-order valence-corrected chi connectivity index (χ1v) is 6.76. The van der Waals surface area contributed by atoms with E-state index in [0.717, 1.165) is 10.5 Å². The summed E-state index contributed by atoms with van der Waals surface area (Å²) in [5.41, 5.74) is 0.522. The normalized spacial score (nSPS) is 12.6. The monoisotopic (exact) mass is 250 g/mol. The fraction of sp³-hybridized carbons (Fsp3) is 0.533. The maximum absolute atomic E-state index is 12.4. The first-order valence-electron chi connectivity index (χ1n) is 5.94. The summed E-state index contributed by atoms with van der Waals surface area (Å²) in [6.07, 6.45) is 0. The van der Waals surface area contributed by atoms with Crippen LogP contribution >= 0.6 is 11.8 Å². The third-order valence-electron chi connectivity index (χ3n) is 2.23. The van der Waals surface area contributed by atoms with Gasteiger partial charge in [-0.25, -0.2) is 0 Å². The summed E-state index contributed by atoms with van der Waals surface area (Å²) >= 11 is 1.75. The first-order chi connectivity index (χ1) is 7.61. The Balaban J connectivity index is 3.13. The van der Waals surface area contributed by atoms with Crippen LogP contribution in [-0.4, -0.2) is 10.5 Å². The Hall–Kier alpha value is -0.760. The van der Waals surface area contributed by atoms with Crippen molar-refractivity contribution in [3.8, 4) is 0 Å². The standard InChI is InChI=1S/C15H22OS/c1-14(2,3)13(16)11-9-7-8-10-12(11)17-15(4,5)6/h7-10H,1-6H3. The number of hydrogen-bond donors (Lipinski definition) is 0. The van der Waals surface area contributed by atoms with Crippen molar-refractivity contribution in [3.63, 3.8) is 0 Å². The number of thioether (sulfide) groups is 1. The molecular weight excluding hydrogens is 228 g/mol. The van der Waals surface area contributed by atoms with E-state index in [-0.39, 0.29) is 15.9 Å². The van der Waals surface area contributed by atoms with E-state index in [1.165, 1.54) is 0 Å². The van der Waals surface area contributed by atoms with Crippen molar-refractivity contribution >= 4 is 17.5 Å². The molecule has 0 aromatic heterocycles. The number of rotatable bonds is 2. The lowest BCUT2D eigenvalue weighted by Gasteiger charge is -2.22. The van der Waals surface area contributed by atoms with Crippen LogP contribution in [0, 0.1) is 5.41 Å². The molecule has 0 saturated carbocycles. The van der Waals surface area contributed by atoms with Gasteiger partial charge in [0.05, 0.1) is 0 Å². The highest BCUT2D eigenvalue weighted by atomic mass is 32.2.